The molecule has 18 heavy (non-hydrogen) atoms. The van der Waals surface area contributed by atoms with Crippen molar-refractivity contribution >= 4 is 42.5 Å². The maximum atomic E-state index is 6.44. The molecule has 0 aliphatic carbocycles. The van der Waals surface area contributed by atoms with Gasteiger partial charge in [-0.3, -0.25) is 0 Å². The first kappa shape index (κ1) is 18.7. The van der Waals surface area contributed by atoms with Crippen molar-refractivity contribution in [2.45, 2.75) is 64.8 Å². The average Bonchev–Trinajstić information content (AvgIpc) is 2.20. The first-order valence-electron chi connectivity index (χ1n) is 6.35. The van der Waals surface area contributed by atoms with E-state index in [1.807, 2.05) is 6.92 Å². The zero-order valence-electron chi connectivity index (χ0n) is 12.4. The van der Waals surface area contributed by atoms with Crippen molar-refractivity contribution in [3.05, 3.63) is 21.3 Å². The number of allylic oxidation sites excluding steroid dienone is 1. The third kappa shape index (κ3) is 7.31. The van der Waals surface area contributed by atoms with Crippen LogP contribution in [0.4, 0.5) is 0 Å². The highest BCUT2D eigenvalue weighted by molar-refractivity contribution is 14.1. The van der Waals surface area contributed by atoms with Crippen molar-refractivity contribution < 1.29 is 4.43 Å². The van der Waals surface area contributed by atoms with Crippen LogP contribution in [0.5, 0.6) is 0 Å². The molecule has 0 heterocycles. The first-order valence-corrected chi connectivity index (χ1v) is 10.9. The fourth-order valence-electron chi connectivity index (χ4n) is 1.28. The van der Waals surface area contributed by atoms with E-state index in [0.29, 0.717) is 0 Å². The molecule has 0 radical (unpaired) electrons. The molecule has 1 nitrogen and oxygen atoms in total. The van der Waals surface area contributed by atoms with Crippen molar-refractivity contribution in [1.82, 2.24) is 0 Å². The first-order chi connectivity index (χ1) is 8.10. The van der Waals surface area contributed by atoms with E-state index in [1.54, 1.807) is 0 Å². The van der Waals surface area contributed by atoms with E-state index in [0.717, 1.165) is 17.9 Å². The summed E-state index contributed by atoms with van der Waals surface area (Å²) in [7, 11) is -1.70. The minimum absolute atomic E-state index is 0.241. The predicted molar refractivity (Wildman–Crippen MR) is 94.1 cm³/mol. The highest BCUT2D eigenvalue weighted by Crippen LogP contribution is 2.38. The minimum atomic E-state index is -1.70. The third-order valence-electron chi connectivity index (χ3n) is 3.42. The Morgan fingerprint density at radius 3 is 2.28 bits per heavy atom. The van der Waals surface area contributed by atoms with Gasteiger partial charge in [0.15, 0.2) is 8.32 Å². The van der Waals surface area contributed by atoms with Gasteiger partial charge in [-0.15, -0.1) is 0 Å². The molecule has 106 valence electrons. The van der Waals surface area contributed by atoms with Gasteiger partial charge < -0.3 is 4.43 Å². The van der Waals surface area contributed by atoms with Crippen LogP contribution in [-0.2, 0) is 4.43 Å². The van der Waals surface area contributed by atoms with E-state index < -0.39 is 8.32 Å². The SMILES string of the molecule is C/C(Cl)=C\C[C@@H](C/C=C\I)O[Si](C)(C)C(C)(C)C. The summed E-state index contributed by atoms with van der Waals surface area (Å²) >= 11 is 8.16. The van der Waals surface area contributed by atoms with Crippen molar-refractivity contribution in [3.63, 3.8) is 0 Å². The van der Waals surface area contributed by atoms with Gasteiger partial charge in [-0.2, -0.15) is 0 Å². The second-order valence-corrected chi connectivity index (χ2v) is 12.2. The van der Waals surface area contributed by atoms with E-state index >= 15 is 0 Å². The van der Waals surface area contributed by atoms with E-state index in [4.69, 9.17) is 16.0 Å². The third-order valence-corrected chi connectivity index (χ3v) is 8.62. The molecule has 0 saturated carbocycles. The molecule has 0 N–H and O–H groups in total. The number of hydrogen-bond donors (Lipinski definition) is 0. The van der Waals surface area contributed by atoms with Gasteiger partial charge in [0.05, 0.1) is 6.10 Å². The highest BCUT2D eigenvalue weighted by atomic mass is 127. The van der Waals surface area contributed by atoms with Gasteiger partial charge in [-0.05, 0) is 42.0 Å². The summed E-state index contributed by atoms with van der Waals surface area (Å²) < 4.78 is 8.49. The molecular weight excluding hydrogens is 375 g/mol. The standard InChI is InChI=1S/C14H26ClIOSi/c1-12(15)9-10-13(8-7-11-16)17-18(5,6)14(2,3)4/h7,9,11,13H,8,10H2,1-6H3/b11-7-,12-9+/t13-/m1/s1. The van der Waals surface area contributed by atoms with Crippen LogP contribution in [0.3, 0.4) is 0 Å². The largest absolute Gasteiger partial charge is 0.413 e. The summed E-state index contributed by atoms with van der Waals surface area (Å²) in [5.41, 5.74) is 0. The summed E-state index contributed by atoms with van der Waals surface area (Å²) in [6.07, 6.45) is 6.31. The van der Waals surface area contributed by atoms with Gasteiger partial charge in [0, 0.05) is 5.03 Å². The lowest BCUT2D eigenvalue weighted by atomic mass is 10.2. The van der Waals surface area contributed by atoms with Crippen LogP contribution in [0.2, 0.25) is 18.1 Å². The van der Waals surface area contributed by atoms with Crippen molar-refractivity contribution in [3.8, 4) is 0 Å². The second kappa shape index (κ2) is 8.07. The molecule has 4 heteroatoms. The molecule has 0 fully saturated rings. The van der Waals surface area contributed by atoms with Crippen LogP contribution >= 0.6 is 34.2 Å². The molecule has 0 saturated heterocycles. The van der Waals surface area contributed by atoms with Gasteiger partial charge in [0.1, 0.15) is 0 Å². The number of hydrogen-bond acceptors (Lipinski definition) is 1. The van der Waals surface area contributed by atoms with Crippen LogP contribution in [0.1, 0.15) is 40.5 Å². The Balaban J connectivity index is 4.72. The Bertz CT molecular complexity index is 301. The lowest BCUT2D eigenvalue weighted by Gasteiger charge is -2.39. The Morgan fingerprint density at radius 2 is 1.89 bits per heavy atom. The van der Waals surface area contributed by atoms with E-state index in [2.05, 4.69) is 72.7 Å². The van der Waals surface area contributed by atoms with Gasteiger partial charge in [-0.25, -0.2) is 0 Å². The monoisotopic (exact) mass is 400 g/mol. The topological polar surface area (TPSA) is 9.23 Å². The van der Waals surface area contributed by atoms with E-state index in [1.165, 1.54) is 0 Å². The Labute approximate surface area is 132 Å². The molecule has 0 bridgehead atoms. The normalized spacial score (nSPS) is 16.3. The Morgan fingerprint density at radius 1 is 1.33 bits per heavy atom. The van der Waals surface area contributed by atoms with Crippen molar-refractivity contribution in [2.24, 2.45) is 0 Å². The van der Waals surface area contributed by atoms with Gasteiger partial charge >= 0.3 is 0 Å². The van der Waals surface area contributed by atoms with Crippen LogP contribution < -0.4 is 0 Å². The zero-order valence-corrected chi connectivity index (χ0v) is 16.3. The molecule has 0 rings (SSSR count). The van der Waals surface area contributed by atoms with Crippen molar-refractivity contribution in [2.75, 3.05) is 0 Å². The molecule has 0 aliphatic heterocycles. The van der Waals surface area contributed by atoms with Crippen molar-refractivity contribution in [1.29, 1.82) is 0 Å². The second-order valence-electron chi connectivity index (χ2n) is 6.12. The van der Waals surface area contributed by atoms with Gasteiger partial charge in [-0.1, -0.05) is 67.1 Å². The highest BCUT2D eigenvalue weighted by Gasteiger charge is 2.38. The van der Waals surface area contributed by atoms with Crippen LogP contribution in [0, 0.1) is 0 Å². The summed E-state index contributed by atoms with van der Waals surface area (Å²) in [5.74, 6) is 0. The van der Waals surface area contributed by atoms with E-state index in [-0.39, 0.29) is 11.1 Å². The van der Waals surface area contributed by atoms with E-state index in [9.17, 15) is 0 Å². The summed E-state index contributed by atoms with van der Waals surface area (Å²) in [6, 6.07) is 0. The Hall–Kier alpha value is 0.677. The lowest BCUT2D eigenvalue weighted by Crippen LogP contribution is -2.43. The maximum absolute atomic E-state index is 6.44. The maximum Gasteiger partial charge on any atom is 0.192 e. The smallest absolute Gasteiger partial charge is 0.192 e. The molecular formula is C14H26ClIOSi. The average molecular weight is 401 g/mol. The van der Waals surface area contributed by atoms with Gasteiger partial charge in [0.25, 0.3) is 0 Å². The zero-order chi connectivity index (χ0) is 14.4. The van der Waals surface area contributed by atoms with Crippen LogP contribution in [0.15, 0.2) is 21.3 Å². The Kier molecular flexibility index (Phi) is 8.38. The lowest BCUT2D eigenvalue weighted by molar-refractivity contribution is 0.186. The molecule has 0 amide bonds. The van der Waals surface area contributed by atoms with Crippen LogP contribution in [0.25, 0.3) is 0 Å². The summed E-state index contributed by atoms with van der Waals surface area (Å²) in [5, 5.41) is 1.09. The minimum Gasteiger partial charge on any atom is -0.413 e. The summed E-state index contributed by atoms with van der Waals surface area (Å²) in [4.78, 5) is 0. The molecule has 0 aromatic heterocycles. The fourth-order valence-corrected chi connectivity index (χ4v) is 3.04. The van der Waals surface area contributed by atoms with Crippen LogP contribution in [-0.4, -0.2) is 14.4 Å². The molecule has 0 unspecified atom stereocenters. The number of rotatable bonds is 6. The molecule has 0 aromatic rings. The molecule has 1 atom stereocenters. The van der Waals surface area contributed by atoms with Gasteiger partial charge in [0.2, 0.25) is 0 Å². The molecule has 0 spiro atoms. The fraction of sp³-hybridized carbons (Fsp3) is 0.714. The predicted octanol–water partition coefficient (Wildman–Crippen LogP) is 6.25. The molecule has 0 aliphatic rings. The number of halogens is 2. The molecule has 0 aromatic carbocycles. The summed E-state index contributed by atoms with van der Waals surface area (Å²) in [6.45, 7) is 13.3. The quantitative estimate of drug-likeness (QED) is 0.378.